The summed E-state index contributed by atoms with van der Waals surface area (Å²) in [4.78, 5) is 22.2. The minimum atomic E-state index is -0.510. The van der Waals surface area contributed by atoms with Crippen LogP contribution in [-0.4, -0.2) is 30.3 Å². The smallest absolute Gasteiger partial charge is 0.237 e. The molecule has 0 aromatic carbocycles. The zero-order valence-corrected chi connectivity index (χ0v) is 5.96. The van der Waals surface area contributed by atoms with Gasteiger partial charge in [0.1, 0.15) is 0 Å². The highest BCUT2D eigenvalue weighted by molar-refractivity contribution is 5.83. The van der Waals surface area contributed by atoms with Gasteiger partial charge in [-0.05, 0) is 6.92 Å². The lowest BCUT2D eigenvalue weighted by atomic mass is 10.4. The first-order chi connectivity index (χ1) is 4.57. The summed E-state index contributed by atoms with van der Waals surface area (Å²) in [6.07, 6.45) is 0.157. The molecular weight excluding hydrogens is 132 g/mol. The van der Waals surface area contributed by atoms with Gasteiger partial charge in [0.05, 0.1) is 6.54 Å². The van der Waals surface area contributed by atoms with Crippen molar-refractivity contribution in [1.82, 2.24) is 4.90 Å². The van der Waals surface area contributed by atoms with Crippen LogP contribution in [0.3, 0.4) is 0 Å². The maximum Gasteiger partial charge on any atom is 0.237 e. The van der Waals surface area contributed by atoms with Crippen LogP contribution in [0.5, 0.6) is 0 Å². The standard InChI is InChI=1S/C6H11N2O2/c1-3-6(10)8(2)4-5(7)9/h1,3-4H2,2H3,(H2,7,9). The predicted octanol–water partition coefficient (Wildman–Crippen LogP) is -0.846. The van der Waals surface area contributed by atoms with Gasteiger partial charge in [-0.25, -0.2) is 0 Å². The number of likely N-dealkylation sites (N-methyl/N-ethyl adjacent to an activating group) is 1. The number of nitrogens with zero attached hydrogens (tertiary/aromatic N) is 1. The zero-order chi connectivity index (χ0) is 8.15. The van der Waals surface area contributed by atoms with Crippen LogP contribution in [0.1, 0.15) is 6.42 Å². The van der Waals surface area contributed by atoms with Crippen LogP contribution < -0.4 is 5.73 Å². The molecule has 0 aliphatic heterocycles. The van der Waals surface area contributed by atoms with Crippen molar-refractivity contribution in [3.05, 3.63) is 6.92 Å². The number of hydrogen-bond donors (Lipinski definition) is 1. The van der Waals surface area contributed by atoms with Crippen molar-refractivity contribution in [2.45, 2.75) is 6.42 Å². The summed E-state index contributed by atoms with van der Waals surface area (Å²) in [6.45, 7) is 3.34. The zero-order valence-electron chi connectivity index (χ0n) is 5.96. The Kier molecular flexibility index (Phi) is 3.46. The number of nitrogens with two attached hydrogens (primary N) is 1. The van der Waals surface area contributed by atoms with Crippen molar-refractivity contribution in [2.75, 3.05) is 13.6 Å². The van der Waals surface area contributed by atoms with Crippen LogP contribution in [-0.2, 0) is 9.59 Å². The lowest BCUT2D eigenvalue weighted by molar-refractivity contribution is -0.133. The first-order valence-corrected chi connectivity index (χ1v) is 2.89. The SMILES string of the molecule is [CH2]CC(=O)N(C)CC(N)=O. The Morgan fingerprint density at radius 2 is 2.10 bits per heavy atom. The quantitative estimate of drug-likeness (QED) is 0.559. The average molecular weight is 143 g/mol. The lowest BCUT2D eigenvalue weighted by Gasteiger charge is -2.12. The molecule has 0 aliphatic carbocycles. The molecule has 0 bridgehead atoms. The second-order valence-corrected chi connectivity index (χ2v) is 1.97. The molecule has 0 fully saturated rings. The van der Waals surface area contributed by atoms with Gasteiger partial charge in [0, 0.05) is 13.5 Å². The van der Waals surface area contributed by atoms with Gasteiger partial charge >= 0.3 is 0 Å². The van der Waals surface area contributed by atoms with Gasteiger partial charge in [0.25, 0.3) is 0 Å². The molecule has 0 saturated carbocycles. The molecule has 0 unspecified atom stereocenters. The minimum Gasteiger partial charge on any atom is -0.368 e. The van der Waals surface area contributed by atoms with E-state index in [4.69, 9.17) is 5.73 Å². The third-order valence-corrected chi connectivity index (χ3v) is 1.03. The van der Waals surface area contributed by atoms with Gasteiger partial charge in [0.15, 0.2) is 0 Å². The van der Waals surface area contributed by atoms with Crippen LogP contribution in [0, 0.1) is 6.92 Å². The Labute approximate surface area is 60.0 Å². The monoisotopic (exact) mass is 143 g/mol. The van der Waals surface area contributed by atoms with E-state index in [1.165, 1.54) is 11.9 Å². The molecule has 0 atom stereocenters. The van der Waals surface area contributed by atoms with Gasteiger partial charge in [-0.3, -0.25) is 9.59 Å². The number of amides is 2. The van der Waals surface area contributed by atoms with E-state index in [-0.39, 0.29) is 18.9 Å². The minimum absolute atomic E-state index is 0.0334. The summed E-state index contributed by atoms with van der Waals surface area (Å²) in [7, 11) is 1.51. The highest BCUT2D eigenvalue weighted by atomic mass is 16.2. The summed E-state index contributed by atoms with van der Waals surface area (Å²) >= 11 is 0. The van der Waals surface area contributed by atoms with Crippen molar-refractivity contribution in [1.29, 1.82) is 0 Å². The normalized spacial score (nSPS) is 9.00. The van der Waals surface area contributed by atoms with E-state index in [2.05, 4.69) is 6.92 Å². The van der Waals surface area contributed by atoms with Crippen LogP contribution in [0.2, 0.25) is 0 Å². The van der Waals surface area contributed by atoms with Crippen LogP contribution in [0.4, 0.5) is 0 Å². The molecule has 0 aromatic rings. The third kappa shape index (κ3) is 3.06. The number of carbonyl (C=O) groups excluding carboxylic acids is 2. The Hall–Kier alpha value is -1.06. The first kappa shape index (κ1) is 8.94. The first-order valence-electron chi connectivity index (χ1n) is 2.89. The average Bonchev–Trinajstić information content (AvgIpc) is 1.85. The largest absolute Gasteiger partial charge is 0.368 e. The van der Waals surface area contributed by atoms with Crippen molar-refractivity contribution < 1.29 is 9.59 Å². The van der Waals surface area contributed by atoms with Crippen LogP contribution in [0.25, 0.3) is 0 Å². The molecule has 2 amide bonds. The molecule has 0 rings (SSSR count). The second kappa shape index (κ2) is 3.87. The Bertz CT molecular complexity index is 145. The molecular formula is C6H11N2O2. The molecule has 0 saturated heterocycles. The molecule has 57 valence electrons. The van der Waals surface area contributed by atoms with Gasteiger partial charge in [0.2, 0.25) is 11.8 Å². The van der Waals surface area contributed by atoms with E-state index in [1.807, 2.05) is 0 Å². The second-order valence-electron chi connectivity index (χ2n) is 1.97. The van der Waals surface area contributed by atoms with Crippen molar-refractivity contribution in [3.8, 4) is 0 Å². The molecule has 4 nitrogen and oxygen atoms in total. The number of carbonyl (C=O) groups is 2. The van der Waals surface area contributed by atoms with Gasteiger partial charge in [-0.2, -0.15) is 0 Å². The van der Waals surface area contributed by atoms with Crippen molar-refractivity contribution in [3.63, 3.8) is 0 Å². The number of hydrogen-bond acceptors (Lipinski definition) is 2. The summed E-state index contributed by atoms with van der Waals surface area (Å²) < 4.78 is 0. The van der Waals surface area contributed by atoms with Gasteiger partial charge in [-0.15, -0.1) is 0 Å². The highest BCUT2D eigenvalue weighted by Crippen LogP contribution is 1.86. The van der Waals surface area contributed by atoms with E-state index in [1.54, 1.807) is 0 Å². The van der Waals surface area contributed by atoms with E-state index in [0.717, 1.165) is 0 Å². The summed E-state index contributed by atoms with van der Waals surface area (Å²) in [5, 5.41) is 0. The van der Waals surface area contributed by atoms with Gasteiger partial charge in [-0.1, -0.05) is 0 Å². The molecule has 2 N–H and O–H groups in total. The predicted molar refractivity (Wildman–Crippen MR) is 36.8 cm³/mol. The summed E-state index contributed by atoms with van der Waals surface area (Å²) in [5.41, 5.74) is 4.83. The van der Waals surface area contributed by atoms with Crippen LogP contribution >= 0.6 is 0 Å². The van der Waals surface area contributed by atoms with E-state index in [0.29, 0.717) is 0 Å². The van der Waals surface area contributed by atoms with Crippen LogP contribution in [0.15, 0.2) is 0 Å². The Morgan fingerprint density at radius 1 is 1.60 bits per heavy atom. The summed E-state index contributed by atoms with van der Waals surface area (Å²) in [5.74, 6) is -0.692. The molecule has 1 radical (unpaired) electrons. The van der Waals surface area contributed by atoms with Gasteiger partial charge < -0.3 is 10.6 Å². The maximum atomic E-state index is 10.7. The fourth-order valence-electron chi connectivity index (χ4n) is 0.513. The lowest BCUT2D eigenvalue weighted by Crippen LogP contribution is -2.34. The van der Waals surface area contributed by atoms with Crippen molar-refractivity contribution in [2.24, 2.45) is 5.73 Å². The maximum absolute atomic E-state index is 10.7. The third-order valence-electron chi connectivity index (χ3n) is 1.03. The number of rotatable bonds is 3. The molecule has 0 aliphatic rings. The highest BCUT2D eigenvalue weighted by Gasteiger charge is 2.06. The Morgan fingerprint density at radius 3 is 2.40 bits per heavy atom. The fraction of sp³-hybridized carbons (Fsp3) is 0.500. The molecule has 0 heterocycles. The van der Waals surface area contributed by atoms with E-state index >= 15 is 0 Å². The number of primary amides is 1. The van der Waals surface area contributed by atoms with Crippen molar-refractivity contribution >= 4 is 11.8 Å². The topological polar surface area (TPSA) is 63.4 Å². The molecule has 0 spiro atoms. The Balaban J connectivity index is 3.72. The molecule has 4 heteroatoms. The van der Waals surface area contributed by atoms with E-state index in [9.17, 15) is 9.59 Å². The molecule has 10 heavy (non-hydrogen) atoms. The van der Waals surface area contributed by atoms with E-state index < -0.39 is 5.91 Å². The fourth-order valence-corrected chi connectivity index (χ4v) is 0.513. The summed E-state index contributed by atoms with van der Waals surface area (Å²) in [6, 6.07) is 0. The molecule has 0 aromatic heterocycles.